The highest BCUT2D eigenvalue weighted by Crippen LogP contribution is 2.30. The number of ketones is 1. The van der Waals surface area contributed by atoms with Crippen LogP contribution in [0.3, 0.4) is 0 Å². The van der Waals surface area contributed by atoms with E-state index in [9.17, 15) is 4.79 Å². The van der Waals surface area contributed by atoms with Crippen molar-refractivity contribution in [1.82, 2.24) is 0 Å². The van der Waals surface area contributed by atoms with Crippen LogP contribution in [0.25, 0.3) is 0 Å². The van der Waals surface area contributed by atoms with E-state index >= 15 is 0 Å². The highest BCUT2D eigenvalue weighted by atomic mass is 16.5. The van der Waals surface area contributed by atoms with Gasteiger partial charge in [0.25, 0.3) is 0 Å². The Morgan fingerprint density at radius 2 is 2.00 bits per heavy atom. The zero-order valence-corrected chi connectivity index (χ0v) is 10.2. The number of Topliss-reactive ketones (excluding diaryl/α,β-unsaturated/α-hetero) is 1. The van der Waals surface area contributed by atoms with Gasteiger partial charge in [0, 0.05) is 11.5 Å². The quantitative estimate of drug-likeness (QED) is 0.652. The molecule has 0 aliphatic carbocycles. The fourth-order valence-electron chi connectivity index (χ4n) is 1.89. The summed E-state index contributed by atoms with van der Waals surface area (Å²) in [6.45, 7) is 9.77. The molecular formula is C13H20O2. The Kier molecular flexibility index (Phi) is 3.72. The normalized spacial score (nSPS) is 29.5. The van der Waals surface area contributed by atoms with Crippen LogP contribution in [0, 0.1) is 11.8 Å². The van der Waals surface area contributed by atoms with Gasteiger partial charge in [0.05, 0.1) is 5.92 Å². The summed E-state index contributed by atoms with van der Waals surface area (Å²) in [5, 5.41) is 0. The van der Waals surface area contributed by atoms with Crippen LogP contribution in [0.15, 0.2) is 23.5 Å². The summed E-state index contributed by atoms with van der Waals surface area (Å²) in [5.74, 6) is 1.23. The summed E-state index contributed by atoms with van der Waals surface area (Å²) in [4.78, 5) is 11.9. The molecule has 1 aliphatic rings. The Bertz CT molecular complexity index is 312. The molecule has 3 atom stereocenters. The molecule has 0 aromatic heterocycles. The number of hydrogen-bond donors (Lipinski definition) is 0. The summed E-state index contributed by atoms with van der Waals surface area (Å²) in [5.41, 5.74) is 0.784. The third kappa shape index (κ3) is 2.31. The Balaban J connectivity index is 3.01. The van der Waals surface area contributed by atoms with Gasteiger partial charge in [-0.2, -0.15) is 0 Å². The molecule has 3 unspecified atom stereocenters. The lowest BCUT2D eigenvalue weighted by Crippen LogP contribution is -2.33. The molecule has 0 bridgehead atoms. The first-order valence-electron chi connectivity index (χ1n) is 5.53. The van der Waals surface area contributed by atoms with Gasteiger partial charge in [-0.25, -0.2) is 0 Å². The van der Waals surface area contributed by atoms with Crippen LogP contribution in [0.1, 0.15) is 34.6 Å². The van der Waals surface area contributed by atoms with Gasteiger partial charge in [-0.1, -0.05) is 26.0 Å². The lowest BCUT2D eigenvalue weighted by molar-refractivity contribution is -0.125. The largest absolute Gasteiger partial charge is 0.493 e. The second-order valence-corrected chi connectivity index (χ2v) is 4.28. The van der Waals surface area contributed by atoms with Gasteiger partial charge in [-0.3, -0.25) is 4.79 Å². The minimum atomic E-state index is -0.0217. The molecule has 0 radical (unpaired) electrons. The van der Waals surface area contributed by atoms with E-state index in [0.717, 1.165) is 11.3 Å². The van der Waals surface area contributed by atoms with Crippen molar-refractivity contribution in [3.8, 4) is 0 Å². The molecule has 0 fully saturated rings. The third-order valence-corrected chi connectivity index (χ3v) is 3.06. The van der Waals surface area contributed by atoms with Crippen molar-refractivity contribution >= 4 is 5.78 Å². The first-order valence-corrected chi connectivity index (χ1v) is 5.53. The van der Waals surface area contributed by atoms with Gasteiger partial charge >= 0.3 is 0 Å². The van der Waals surface area contributed by atoms with E-state index in [4.69, 9.17) is 4.74 Å². The van der Waals surface area contributed by atoms with E-state index in [1.165, 1.54) is 0 Å². The Morgan fingerprint density at radius 3 is 2.53 bits per heavy atom. The summed E-state index contributed by atoms with van der Waals surface area (Å²) < 4.78 is 5.80. The van der Waals surface area contributed by atoms with Crippen LogP contribution in [0.5, 0.6) is 0 Å². The van der Waals surface area contributed by atoms with E-state index in [2.05, 4.69) is 13.0 Å². The Labute approximate surface area is 92.0 Å². The van der Waals surface area contributed by atoms with E-state index in [1.807, 2.05) is 33.8 Å². The number of carbonyl (C=O) groups excluding carboxylic acids is 1. The van der Waals surface area contributed by atoms with Crippen molar-refractivity contribution in [1.29, 1.82) is 0 Å². The predicted molar refractivity (Wildman–Crippen MR) is 61.4 cm³/mol. The molecule has 1 rings (SSSR count). The smallest absolute Gasteiger partial charge is 0.168 e. The van der Waals surface area contributed by atoms with E-state index in [1.54, 1.807) is 0 Å². The fraction of sp³-hybridized carbons (Fsp3) is 0.615. The van der Waals surface area contributed by atoms with Gasteiger partial charge in [0.15, 0.2) is 5.78 Å². The van der Waals surface area contributed by atoms with Gasteiger partial charge in [-0.05, 0) is 20.8 Å². The van der Waals surface area contributed by atoms with Crippen molar-refractivity contribution in [2.24, 2.45) is 11.8 Å². The molecule has 1 aliphatic heterocycles. The van der Waals surface area contributed by atoms with Crippen molar-refractivity contribution < 1.29 is 9.53 Å². The molecule has 2 nitrogen and oxygen atoms in total. The van der Waals surface area contributed by atoms with Crippen molar-refractivity contribution in [3.63, 3.8) is 0 Å². The third-order valence-electron chi connectivity index (χ3n) is 3.06. The van der Waals surface area contributed by atoms with Crippen molar-refractivity contribution in [3.05, 3.63) is 23.5 Å². The molecule has 0 amide bonds. The second kappa shape index (κ2) is 4.65. The number of hydrogen-bond acceptors (Lipinski definition) is 2. The molecule has 0 N–H and O–H groups in total. The Morgan fingerprint density at radius 1 is 1.40 bits per heavy atom. The van der Waals surface area contributed by atoms with E-state index < -0.39 is 0 Å². The second-order valence-electron chi connectivity index (χ2n) is 4.28. The van der Waals surface area contributed by atoms with E-state index in [0.29, 0.717) is 0 Å². The standard InChI is InChI=1S/C13H20O2/c1-6-7-8(2)13-10(4)12(14)9(3)11(5)15-13/h6-9,11H,1-5H3. The monoisotopic (exact) mass is 208 g/mol. The van der Waals surface area contributed by atoms with Crippen LogP contribution >= 0.6 is 0 Å². The van der Waals surface area contributed by atoms with Crippen LogP contribution in [0.4, 0.5) is 0 Å². The maximum atomic E-state index is 11.9. The van der Waals surface area contributed by atoms with Crippen LogP contribution in [-0.4, -0.2) is 11.9 Å². The molecule has 15 heavy (non-hydrogen) atoms. The molecule has 1 heterocycles. The van der Waals surface area contributed by atoms with Gasteiger partial charge < -0.3 is 4.74 Å². The molecule has 0 aromatic carbocycles. The SMILES string of the molecule is CC=CC(C)C1=C(C)C(=O)C(C)C(C)O1. The molecule has 0 spiro atoms. The van der Waals surface area contributed by atoms with Crippen molar-refractivity contribution in [2.75, 3.05) is 0 Å². The topological polar surface area (TPSA) is 26.3 Å². The summed E-state index contributed by atoms with van der Waals surface area (Å²) >= 11 is 0. The zero-order chi connectivity index (χ0) is 11.6. The van der Waals surface area contributed by atoms with Crippen LogP contribution in [0.2, 0.25) is 0 Å². The maximum absolute atomic E-state index is 11.9. The molecule has 0 saturated carbocycles. The summed E-state index contributed by atoms with van der Waals surface area (Å²) in [6.07, 6.45) is 4.03. The van der Waals surface area contributed by atoms with Crippen LogP contribution < -0.4 is 0 Å². The summed E-state index contributed by atoms with van der Waals surface area (Å²) in [7, 11) is 0. The summed E-state index contributed by atoms with van der Waals surface area (Å²) in [6, 6.07) is 0. The highest BCUT2D eigenvalue weighted by Gasteiger charge is 2.32. The fourth-order valence-corrected chi connectivity index (χ4v) is 1.89. The molecule has 2 heteroatoms. The maximum Gasteiger partial charge on any atom is 0.168 e. The molecule has 0 saturated heterocycles. The van der Waals surface area contributed by atoms with Crippen LogP contribution in [-0.2, 0) is 9.53 Å². The lowest BCUT2D eigenvalue weighted by Gasteiger charge is -2.31. The van der Waals surface area contributed by atoms with Gasteiger partial charge in [0.2, 0.25) is 0 Å². The lowest BCUT2D eigenvalue weighted by atomic mass is 9.89. The average Bonchev–Trinajstić information content (AvgIpc) is 2.20. The highest BCUT2D eigenvalue weighted by molar-refractivity contribution is 5.98. The van der Waals surface area contributed by atoms with E-state index in [-0.39, 0.29) is 23.7 Å². The zero-order valence-electron chi connectivity index (χ0n) is 10.2. The first-order chi connectivity index (χ1) is 6.99. The number of ether oxygens (including phenoxy) is 1. The number of allylic oxidation sites excluding steroid dienone is 3. The first kappa shape index (κ1) is 12.0. The molecule has 84 valence electrons. The molecular weight excluding hydrogens is 188 g/mol. The average molecular weight is 208 g/mol. The predicted octanol–water partition coefficient (Wildman–Crippen LogP) is 3.10. The minimum absolute atomic E-state index is 0.0103. The van der Waals surface area contributed by atoms with Crippen molar-refractivity contribution in [2.45, 2.75) is 40.7 Å². The van der Waals surface area contributed by atoms with Gasteiger partial charge in [-0.15, -0.1) is 0 Å². The minimum Gasteiger partial charge on any atom is -0.493 e. The number of carbonyl (C=O) groups is 1. The Hall–Kier alpha value is -1.05. The van der Waals surface area contributed by atoms with Gasteiger partial charge in [0.1, 0.15) is 11.9 Å². The number of rotatable bonds is 2. The molecule has 0 aromatic rings.